The molecule has 0 aromatic carbocycles. The molecule has 0 aromatic rings. The molecule has 4 nitrogen and oxygen atoms in total. The lowest BCUT2D eigenvalue weighted by Crippen LogP contribution is -2.51. The summed E-state index contributed by atoms with van der Waals surface area (Å²) in [5, 5.41) is 6.49. The van der Waals surface area contributed by atoms with Gasteiger partial charge in [-0.15, -0.1) is 0 Å². The van der Waals surface area contributed by atoms with Crippen LogP contribution in [-0.2, 0) is 9.53 Å². The zero-order chi connectivity index (χ0) is 11.7. The lowest BCUT2D eigenvalue weighted by Gasteiger charge is -2.26. The van der Waals surface area contributed by atoms with E-state index in [4.69, 9.17) is 4.74 Å². The molecule has 3 rings (SSSR count). The standard InChI is InChI=1S/C13H22N2O2/c16-13(11-3-1-2-7-14-11)15-10-6-8-17-12(10)9-4-5-9/h9-12,14H,1-8H2,(H,15,16)/t10?,11-,12?/m0/s1. The number of hydrogen-bond donors (Lipinski definition) is 2. The Bertz CT molecular complexity index is 285. The van der Waals surface area contributed by atoms with Crippen molar-refractivity contribution in [3.05, 3.63) is 0 Å². The van der Waals surface area contributed by atoms with Crippen molar-refractivity contribution >= 4 is 5.91 Å². The van der Waals surface area contributed by atoms with E-state index in [9.17, 15) is 4.79 Å². The topological polar surface area (TPSA) is 50.4 Å². The van der Waals surface area contributed by atoms with Crippen LogP contribution >= 0.6 is 0 Å². The van der Waals surface area contributed by atoms with E-state index < -0.39 is 0 Å². The fraction of sp³-hybridized carbons (Fsp3) is 0.923. The first kappa shape index (κ1) is 11.5. The Morgan fingerprint density at radius 3 is 2.76 bits per heavy atom. The Morgan fingerprint density at radius 1 is 1.18 bits per heavy atom. The molecule has 1 saturated carbocycles. The van der Waals surface area contributed by atoms with Gasteiger partial charge < -0.3 is 15.4 Å². The summed E-state index contributed by atoms with van der Waals surface area (Å²) in [7, 11) is 0. The molecule has 4 heteroatoms. The minimum atomic E-state index is 0.0317. The highest BCUT2D eigenvalue weighted by Gasteiger charge is 2.41. The normalized spacial score (nSPS) is 38.0. The molecule has 17 heavy (non-hydrogen) atoms. The number of hydrogen-bond acceptors (Lipinski definition) is 3. The summed E-state index contributed by atoms with van der Waals surface area (Å²) >= 11 is 0. The van der Waals surface area contributed by atoms with E-state index in [0.29, 0.717) is 12.0 Å². The van der Waals surface area contributed by atoms with Gasteiger partial charge in [0.1, 0.15) is 0 Å². The van der Waals surface area contributed by atoms with Crippen molar-refractivity contribution < 1.29 is 9.53 Å². The lowest BCUT2D eigenvalue weighted by molar-refractivity contribution is -0.124. The van der Waals surface area contributed by atoms with E-state index in [-0.39, 0.29) is 18.0 Å². The average molecular weight is 238 g/mol. The van der Waals surface area contributed by atoms with E-state index in [0.717, 1.165) is 32.4 Å². The SMILES string of the molecule is O=C(NC1CCOC1C1CC1)[C@@H]1CCCCN1. The molecule has 0 aromatic heterocycles. The summed E-state index contributed by atoms with van der Waals surface area (Å²) in [5.74, 6) is 0.896. The molecule has 2 saturated heterocycles. The maximum Gasteiger partial charge on any atom is 0.237 e. The van der Waals surface area contributed by atoms with Gasteiger partial charge in [-0.3, -0.25) is 4.79 Å². The molecule has 2 N–H and O–H groups in total. The van der Waals surface area contributed by atoms with E-state index in [1.165, 1.54) is 19.3 Å². The molecule has 3 fully saturated rings. The maximum atomic E-state index is 12.1. The Kier molecular flexibility index (Phi) is 3.34. The van der Waals surface area contributed by atoms with Crippen molar-refractivity contribution in [2.45, 2.75) is 56.7 Å². The molecule has 1 amide bonds. The molecule has 1 aliphatic carbocycles. The Balaban J connectivity index is 1.52. The van der Waals surface area contributed by atoms with Crippen LogP contribution < -0.4 is 10.6 Å². The second kappa shape index (κ2) is 4.94. The predicted molar refractivity (Wildman–Crippen MR) is 64.7 cm³/mol. The van der Waals surface area contributed by atoms with Crippen LogP contribution in [-0.4, -0.2) is 37.2 Å². The van der Waals surface area contributed by atoms with Crippen molar-refractivity contribution in [3.8, 4) is 0 Å². The van der Waals surface area contributed by atoms with Crippen LogP contribution in [0.4, 0.5) is 0 Å². The van der Waals surface area contributed by atoms with Crippen molar-refractivity contribution in [2.75, 3.05) is 13.2 Å². The summed E-state index contributed by atoms with van der Waals surface area (Å²) in [4.78, 5) is 12.1. The molecule has 2 aliphatic heterocycles. The predicted octanol–water partition coefficient (Wildman–Crippen LogP) is 0.812. The van der Waals surface area contributed by atoms with Gasteiger partial charge >= 0.3 is 0 Å². The highest BCUT2D eigenvalue weighted by Crippen LogP contribution is 2.38. The number of piperidine rings is 1. The lowest BCUT2D eigenvalue weighted by atomic mass is 10.0. The van der Waals surface area contributed by atoms with Crippen molar-refractivity contribution in [1.82, 2.24) is 10.6 Å². The molecule has 0 radical (unpaired) electrons. The molecule has 2 heterocycles. The molecule has 0 spiro atoms. The maximum absolute atomic E-state index is 12.1. The van der Waals surface area contributed by atoms with Crippen LogP contribution in [0.5, 0.6) is 0 Å². The van der Waals surface area contributed by atoms with Gasteiger partial charge in [0.25, 0.3) is 0 Å². The van der Waals surface area contributed by atoms with Crippen molar-refractivity contribution in [2.24, 2.45) is 5.92 Å². The number of amides is 1. The summed E-state index contributed by atoms with van der Waals surface area (Å²) in [6.07, 6.45) is 7.17. The zero-order valence-corrected chi connectivity index (χ0v) is 10.3. The molecular formula is C13H22N2O2. The monoisotopic (exact) mass is 238 g/mol. The first-order valence-electron chi connectivity index (χ1n) is 7.00. The fourth-order valence-electron chi connectivity index (χ4n) is 3.01. The minimum absolute atomic E-state index is 0.0317. The fourth-order valence-corrected chi connectivity index (χ4v) is 3.01. The Morgan fingerprint density at radius 2 is 2.06 bits per heavy atom. The van der Waals surface area contributed by atoms with E-state index >= 15 is 0 Å². The van der Waals surface area contributed by atoms with Gasteiger partial charge in [-0.1, -0.05) is 6.42 Å². The van der Waals surface area contributed by atoms with Gasteiger partial charge in [-0.25, -0.2) is 0 Å². The molecule has 0 bridgehead atoms. The van der Waals surface area contributed by atoms with E-state index in [1.807, 2.05) is 0 Å². The van der Waals surface area contributed by atoms with Gasteiger partial charge in [0.2, 0.25) is 5.91 Å². The van der Waals surface area contributed by atoms with Crippen LogP contribution in [0.15, 0.2) is 0 Å². The summed E-state index contributed by atoms with van der Waals surface area (Å²) in [6, 6.07) is 0.294. The van der Waals surface area contributed by atoms with Gasteiger partial charge in [-0.05, 0) is 44.6 Å². The largest absolute Gasteiger partial charge is 0.376 e. The number of carbonyl (C=O) groups is 1. The van der Waals surface area contributed by atoms with Gasteiger partial charge in [0.05, 0.1) is 18.2 Å². The number of rotatable bonds is 3. The highest BCUT2D eigenvalue weighted by molar-refractivity contribution is 5.82. The Hall–Kier alpha value is -0.610. The first-order chi connectivity index (χ1) is 8.34. The van der Waals surface area contributed by atoms with E-state index in [2.05, 4.69) is 10.6 Å². The van der Waals surface area contributed by atoms with Crippen LogP contribution in [0.2, 0.25) is 0 Å². The smallest absolute Gasteiger partial charge is 0.237 e. The minimum Gasteiger partial charge on any atom is -0.376 e. The van der Waals surface area contributed by atoms with E-state index in [1.54, 1.807) is 0 Å². The van der Waals surface area contributed by atoms with Gasteiger partial charge in [0, 0.05) is 6.61 Å². The number of carbonyl (C=O) groups excluding carboxylic acids is 1. The number of nitrogens with one attached hydrogen (secondary N) is 2. The molecule has 96 valence electrons. The second-order valence-corrected chi connectivity index (χ2v) is 5.58. The third kappa shape index (κ3) is 2.63. The van der Waals surface area contributed by atoms with Crippen LogP contribution in [0.3, 0.4) is 0 Å². The molecule has 3 aliphatic rings. The van der Waals surface area contributed by atoms with Crippen LogP contribution in [0, 0.1) is 5.92 Å². The summed E-state index contributed by atoms with van der Waals surface area (Å²) in [6.45, 7) is 1.79. The second-order valence-electron chi connectivity index (χ2n) is 5.58. The van der Waals surface area contributed by atoms with Gasteiger partial charge in [0.15, 0.2) is 0 Å². The molecule has 3 atom stereocenters. The third-order valence-electron chi connectivity index (χ3n) is 4.18. The number of ether oxygens (including phenoxy) is 1. The van der Waals surface area contributed by atoms with Crippen molar-refractivity contribution in [1.29, 1.82) is 0 Å². The summed E-state index contributed by atoms with van der Waals surface area (Å²) in [5.41, 5.74) is 0. The molecule has 2 unspecified atom stereocenters. The van der Waals surface area contributed by atoms with Crippen LogP contribution in [0.25, 0.3) is 0 Å². The average Bonchev–Trinajstić information content (AvgIpc) is 3.11. The zero-order valence-electron chi connectivity index (χ0n) is 10.3. The van der Waals surface area contributed by atoms with Gasteiger partial charge in [-0.2, -0.15) is 0 Å². The molecular weight excluding hydrogens is 216 g/mol. The Labute approximate surface area is 102 Å². The highest BCUT2D eigenvalue weighted by atomic mass is 16.5. The first-order valence-corrected chi connectivity index (χ1v) is 7.00. The summed E-state index contributed by atoms with van der Waals surface area (Å²) < 4.78 is 5.74. The quantitative estimate of drug-likeness (QED) is 0.765. The van der Waals surface area contributed by atoms with Crippen LogP contribution in [0.1, 0.15) is 38.5 Å². The van der Waals surface area contributed by atoms with Crippen molar-refractivity contribution in [3.63, 3.8) is 0 Å². The third-order valence-corrected chi connectivity index (χ3v) is 4.18.